The van der Waals surface area contributed by atoms with Gasteiger partial charge in [0.2, 0.25) is 0 Å². The Morgan fingerprint density at radius 1 is 1.22 bits per heavy atom. The topological polar surface area (TPSA) is 114 Å². The molecule has 0 atom stereocenters. The summed E-state index contributed by atoms with van der Waals surface area (Å²) in [5.74, 6) is 0.275. The van der Waals surface area contributed by atoms with E-state index >= 15 is 0 Å². The largest absolute Gasteiger partial charge is 0.397 e. The SMILES string of the molecule is N#Cc1cncc2c(c(N)nc3ccnc32)c1N. The van der Waals surface area contributed by atoms with Gasteiger partial charge in [0, 0.05) is 24.0 Å². The first kappa shape index (κ1) is 10.2. The zero-order chi connectivity index (χ0) is 12.7. The Hall–Kier alpha value is -2.94. The summed E-state index contributed by atoms with van der Waals surface area (Å²) in [6.07, 6.45) is 4.65. The van der Waals surface area contributed by atoms with Gasteiger partial charge in [0.25, 0.3) is 0 Å². The summed E-state index contributed by atoms with van der Waals surface area (Å²) in [4.78, 5) is 12.5. The third-order valence-corrected chi connectivity index (χ3v) is 2.79. The van der Waals surface area contributed by atoms with Crippen molar-refractivity contribution >= 4 is 33.3 Å². The molecule has 0 aliphatic rings. The summed E-state index contributed by atoms with van der Waals surface area (Å²) in [7, 11) is 0. The van der Waals surface area contributed by atoms with Gasteiger partial charge in [-0.1, -0.05) is 0 Å². The summed E-state index contributed by atoms with van der Waals surface area (Å²) >= 11 is 0. The number of nitriles is 1. The lowest BCUT2D eigenvalue weighted by atomic mass is 10.1. The number of nitrogens with two attached hydrogens (primary N) is 2. The predicted molar refractivity (Wildman–Crippen MR) is 68.4 cm³/mol. The zero-order valence-electron chi connectivity index (χ0n) is 9.25. The van der Waals surface area contributed by atoms with E-state index in [2.05, 4.69) is 15.0 Å². The number of nitrogen functional groups attached to an aromatic ring is 2. The van der Waals surface area contributed by atoms with Crippen LogP contribution in [0.4, 0.5) is 11.5 Å². The van der Waals surface area contributed by atoms with E-state index in [0.29, 0.717) is 21.8 Å². The van der Waals surface area contributed by atoms with Crippen molar-refractivity contribution in [1.29, 1.82) is 5.26 Å². The van der Waals surface area contributed by atoms with Crippen molar-refractivity contribution in [3.63, 3.8) is 0 Å². The maximum absolute atomic E-state index is 9.01. The van der Waals surface area contributed by atoms with Gasteiger partial charge in [-0.2, -0.15) is 5.26 Å². The van der Waals surface area contributed by atoms with Gasteiger partial charge in [-0.05, 0) is 6.07 Å². The zero-order valence-corrected chi connectivity index (χ0v) is 9.25. The van der Waals surface area contributed by atoms with Crippen molar-refractivity contribution in [3.8, 4) is 6.07 Å². The molecule has 0 saturated heterocycles. The molecule has 6 nitrogen and oxygen atoms in total. The fourth-order valence-corrected chi connectivity index (χ4v) is 1.96. The van der Waals surface area contributed by atoms with Crippen molar-refractivity contribution in [1.82, 2.24) is 15.0 Å². The molecular formula is C12H8N6. The van der Waals surface area contributed by atoms with Crippen LogP contribution in [0, 0.1) is 11.3 Å². The summed E-state index contributed by atoms with van der Waals surface area (Å²) in [6.45, 7) is 0. The lowest BCUT2D eigenvalue weighted by Crippen LogP contribution is -1.96. The quantitative estimate of drug-likeness (QED) is 0.606. The Kier molecular flexibility index (Phi) is 2.01. The van der Waals surface area contributed by atoms with Gasteiger partial charge in [-0.3, -0.25) is 9.97 Å². The molecule has 18 heavy (non-hydrogen) atoms. The number of pyridine rings is 1. The smallest absolute Gasteiger partial charge is 0.134 e. The third-order valence-electron chi connectivity index (χ3n) is 2.79. The Labute approximate surface area is 102 Å². The Balaban J connectivity index is 2.67. The summed E-state index contributed by atoms with van der Waals surface area (Å²) in [6, 6.07) is 3.75. The highest BCUT2D eigenvalue weighted by atomic mass is 14.9. The highest BCUT2D eigenvalue weighted by Gasteiger charge is 2.12. The fraction of sp³-hybridized carbons (Fsp3) is 0. The van der Waals surface area contributed by atoms with Gasteiger partial charge in [-0.25, -0.2) is 4.98 Å². The first-order valence-corrected chi connectivity index (χ1v) is 5.20. The highest BCUT2D eigenvalue weighted by Crippen LogP contribution is 2.31. The van der Waals surface area contributed by atoms with Gasteiger partial charge < -0.3 is 11.5 Å². The molecule has 3 aromatic rings. The fourth-order valence-electron chi connectivity index (χ4n) is 1.96. The molecule has 0 spiro atoms. The van der Waals surface area contributed by atoms with E-state index in [1.807, 2.05) is 6.07 Å². The van der Waals surface area contributed by atoms with Crippen LogP contribution < -0.4 is 11.5 Å². The van der Waals surface area contributed by atoms with E-state index in [1.54, 1.807) is 18.5 Å². The summed E-state index contributed by atoms with van der Waals surface area (Å²) in [5, 5.41) is 10.2. The predicted octanol–water partition coefficient (Wildman–Crippen LogP) is 1.21. The molecular weight excluding hydrogens is 228 g/mol. The lowest BCUT2D eigenvalue weighted by Gasteiger charge is -2.02. The van der Waals surface area contributed by atoms with Gasteiger partial charge in [0.15, 0.2) is 0 Å². The monoisotopic (exact) mass is 236 g/mol. The van der Waals surface area contributed by atoms with Crippen LogP contribution in [0.15, 0.2) is 24.7 Å². The van der Waals surface area contributed by atoms with Crippen LogP contribution in [0.1, 0.15) is 5.56 Å². The third kappa shape index (κ3) is 1.25. The average molecular weight is 236 g/mol. The molecule has 3 aromatic heterocycles. The maximum Gasteiger partial charge on any atom is 0.134 e. The molecule has 0 radical (unpaired) electrons. The Morgan fingerprint density at radius 2 is 2.06 bits per heavy atom. The van der Waals surface area contributed by atoms with Crippen LogP contribution >= 0.6 is 0 Å². The first-order valence-electron chi connectivity index (χ1n) is 5.20. The van der Waals surface area contributed by atoms with Crippen LogP contribution in [-0.4, -0.2) is 15.0 Å². The number of hydrogen-bond donors (Lipinski definition) is 2. The molecule has 3 heterocycles. The minimum Gasteiger partial charge on any atom is -0.397 e. The number of anilines is 2. The number of rotatable bonds is 0. The van der Waals surface area contributed by atoms with Crippen LogP contribution in [0.3, 0.4) is 0 Å². The second-order valence-electron chi connectivity index (χ2n) is 3.81. The minimum atomic E-state index is 0.268. The van der Waals surface area contributed by atoms with Crippen LogP contribution in [-0.2, 0) is 0 Å². The van der Waals surface area contributed by atoms with Crippen molar-refractivity contribution in [3.05, 3.63) is 30.2 Å². The van der Waals surface area contributed by atoms with Gasteiger partial charge >= 0.3 is 0 Å². The molecule has 0 bridgehead atoms. The molecule has 3 rings (SSSR count). The molecule has 6 heteroatoms. The molecule has 0 unspecified atom stereocenters. The van der Waals surface area contributed by atoms with Crippen LogP contribution in [0.5, 0.6) is 0 Å². The van der Waals surface area contributed by atoms with Crippen molar-refractivity contribution in [2.24, 2.45) is 0 Å². The van der Waals surface area contributed by atoms with Crippen molar-refractivity contribution in [2.75, 3.05) is 11.5 Å². The Morgan fingerprint density at radius 3 is 2.83 bits per heavy atom. The molecule has 0 aliphatic heterocycles. The molecule has 0 aliphatic carbocycles. The van der Waals surface area contributed by atoms with Crippen molar-refractivity contribution in [2.45, 2.75) is 0 Å². The molecule has 0 amide bonds. The molecule has 0 aromatic carbocycles. The van der Waals surface area contributed by atoms with Gasteiger partial charge in [0.1, 0.15) is 11.9 Å². The van der Waals surface area contributed by atoms with E-state index < -0.39 is 0 Å². The highest BCUT2D eigenvalue weighted by molar-refractivity contribution is 6.12. The second-order valence-corrected chi connectivity index (χ2v) is 3.81. The van der Waals surface area contributed by atoms with E-state index in [0.717, 1.165) is 0 Å². The molecule has 86 valence electrons. The van der Waals surface area contributed by atoms with Crippen LogP contribution in [0.25, 0.3) is 21.8 Å². The number of fused-ring (bicyclic) bond motifs is 3. The summed E-state index contributed by atoms with van der Waals surface area (Å²) < 4.78 is 0. The standard InChI is InChI=1S/C12H8N6/c13-3-6-4-16-5-7-9(10(6)14)12(15)18-8-1-2-17-11(7)8/h1-2,4-5H,14H2,(H2,15,18). The minimum absolute atomic E-state index is 0.268. The van der Waals surface area contributed by atoms with Crippen LogP contribution in [0.2, 0.25) is 0 Å². The summed E-state index contributed by atoms with van der Waals surface area (Å²) in [5.41, 5.74) is 13.8. The second kappa shape index (κ2) is 3.53. The van der Waals surface area contributed by atoms with Gasteiger partial charge in [-0.15, -0.1) is 0 Å². The molecule has 0 saturated carbocycles. The first-order chi connectivity index (χ1) is 8.72. The lowest BCUT2D eigenvalue weighted by molar-refractivity contribution is 1.36. The molecule has 0 fully saturated rings. The van der Waals surface area contributed by atoms with E-state index in [9.17, 15) is 0 Å². The van der Waals surface area contributed by atoms with Crippen molar-refractivity contribution < 1.29 is 0 Å². The normalized spacial score (nSPS) is 10.6. The molecule has 4 N–H and O–H groups in total. The van der Waals surface area contributed by atoms with E-state index in [4.69, 9.17) is 16.7 Å². The van der Waals surface area contributed by atoms with Gasteiger partial charge in [0.05, 0.1) is 27.7 Å². The number of aromatic nitrogens is 3. The van der Waals surface area contributed by atoms with E-state index in [-0.39, 0.29) is 17.1 Å². The number of nitrogens with zero attached hydrogens (tertiary/aromatic N) is 4. The Bertz CT molecular complexity index is 818. The average Bonchev–Trinajstić information content (AvgIpc) is 2.74. The number of hydrogen-bond acceptors (Lipinski definition) is 6. The maximum atomic E-state index is 9.01. The van der Waals surface area contributed by atoms with E-state index in [1.165, 1.54) is 6.20 Å².